The van der Waals surface area contributed by atoms with E-state index in [9.17, 15) is 22.4 Å². The van der Waals surface area contributed by atoms with E-state index in [4.69, 9.17) is 11.6 Å². The van der Waals surface area contributed by atoms with Crippen molar-refractivity contribution in [3.05, 3.63) is 63.6 Å². The van der Waals surface area contributed by atoms with Crippen molar-refractivity contribution in [2.24, 2.45) is 0 Å². The van der Waals surface area contributed by atoms with Crippen LogP contribution in [-0.4, -0.2) is 63.9 Å². The Morgan fingerprint density at radius 3 is 2.42 bits per heavy atom. The SMILES string of the molecule is O=C(C[NH+]1CCN(C(=O)c2ccc(Cl)c(S(=O)(=O)[N-]c3ccc(F)cc3)c2)CC1)NC1CC1. The molecule has 2 aliphatic rings. The van der Waals surface area contributed by atoms with E-state index in [0.29, 0.717) is 38.8 Å². The number of carbonyl (C=O) groups excluding carboxylic acids is 2. The standard InChI is InChI=1S/C22H23ClFN4O4S/c23-19-8-1-15(13-20(19)33(31,32)26-18-4-2-16(24)3-5-18)22(30)28-11-9-27(10-12-28)14-21(29)25-17-6-7-17/h1-5,8,13,17H,6-7,9-12,14H2,(H,25,29)/q-1/p+1. The van der Waals surface area contributed by atoms with Crippen molar-refractivity contribution < 1.29 is 27.3 Å². The van der Waals surface area contributed by atoms with Gasteiger partial charge in [-0.3, -0.25) is 9.59 Å². The largest absolute Gasteiger partial charge is 0.573 e. The van der Waals surface area contributed by atoms with Gasteiger partial charge < -0.3 is 19.8 Å². The van der Waals surface area contributed by atoms with Crippen LogP contribution in [0.5, 0.6) is 0 Å². The average molecular weight is 495 g/mol. The molecule has 0 bridgehead atoms. The van der Waals surface area contributed by atoms with Gasteiger partial charge in [-0.2, -0.15) is 0 Å². The molecule has 1 heterocycles. The first kappa shape index (κ1) is 23.5. The summed E-state index contributed by atoms with van der Waals surface area (Å²) in [6.07, 6.45) is 2.08. The van der Waals surface area contributed by atoms with Gasteiger partial charge in [0.1, 0.15) is 15.8 Å². The van der Waals surface area contributed by atoms with E-state index in [-0.39, 0.29) is 33.0 Å². The van der Waals surface area contributed by atoms with Crippen LogP contribution in [0.1, 0.15) is 23.2 Å². The van der Waals surface area contributed by atoms with E-state index in [2.05, 4.69) is 10.0 Å². The quantitative estimate of drug-likeness (QED) is 0.609. The summed E-state index contributed by atoms with van der Waals surface area (Å²) in [6.45, 7) is 2.54. The average Bonchev–Trinajstić information content (AvgIpc) is 3.59. The number of carbonyl (C=O) groups is 2. The lowest BCUT2D eigenvalue weighted by atomic mass is 10.2. The van der Waals surface area contributed by atoms with Crippen LogP contribution < -0.4 is 10.2 Å². The molecule has 8 nitrogen and oxygen atoms in total. The van der Waals surface area contributed by atoms with Gasteiger partial charge in [-0.25, -0.2) is 12.8 Å². The molecule has 2 aromatic carbocycles. The fraction of sp³-hybridized carbons (Fsp3) is 0.364. The summed E-state index contributed by atoms with van der Waals surface area (Å²) in [5.41, 5.74) is 0.233. The van der Waals surface area contributed by atoms with Gasteiger partial charge in [-0.1, -0.05) is 23.7 Å². The Hall–Kier alpha value is -2.69. The zero-order valence-electron chi connectivity index (χ0n) is 17.8. The summed E-state index contributed by atoms with van der Waals surface area (Å²) < 4.78 is 42.3. The van der Waals surface area contributed by atoms with Gasteiger partial charge in [0, 0.05) is 11.6 Å². The van der Waals surface area contributed by atoms with Crippen molar-refractivity contribution in [3.8, 4) is 0 Å². The number of sulfonamides is 1. The van der Waals surface area contributed by atoms with Gasteiger partial charge in [0.05, 0.1) is 36.1 Å². The van der Waals surface area contributed by atoms with Crippen molar-refractivity contribution >= 4 is 39.1 Å². The second kappa shape index (κ2) is 9.66. The van der Waals surface area contributed by atoms with Gasteiger partial charge in [-0.05, 0) is 43.2 Å². The Labute approximate surface area is 196 Å². The first-order chi connectivity index (χ1) is 15.7. The highest BCUT2D eigenvalue weighted by atomic mass is 35.5. The van der Waals surface area contributed by atoms with Crippen LogP contribution in [0.2, 0.25) is 5.02 Å². The number of amides is 2. The van der Waals surface area contributed by atoms with Crippen LogP contribution in [0.15, 0.2) is 47.4 Å². The molecule has 11 heteroatoms. The molecule has 0 atom stereocenters. The maximum absolute atomic E-state index is 13.1. The Morgan fingerprint density at radius 1 is 1.12 bits per heavy atom. The fourth-order valence-corrected chi connectivity index (χ4v) is 5.14. The lowest BCUT2D eigenvalue weighted by molar-refractivity contribution is -0.896. The van der Waals surface area contributed by atoms with Crippen LogP contribution in [0.3, 0.4) is 0 Å². The van der Waals surface area contributed by atoms with Gasteiger partial charge >= 0.3 is 0 Å². The second-order valence-corrected chi connectivity index (χ2v) is 10.2. The Kier molecular flexibility index (Phi) is 6.87. The molecule has 1 aliphatic heterocycles. The van der Waals surface area contributed by atoms with E-state index in [1.54, 1.807) is 4.90 Å². The van der Waals surface area contributed by atoms with E-state index < -0.39 is 15.8 Å². The van der Waals surface area contributed by atoms with Gasteiger partial charge in [0.2, 0.25) is 0 Å². The van der Waals surface area contributed by atoms with E-state index in [0.717, 1.165) is 29.9 Å². The molecule has 1 saturated heterocycles. The van der Waals surface area contributed by atoms with Crippen LogP contribution in [0.25, 0.3) is 4.72 Å². The molecule has 2 amide bonds. The number of nitrogens with zero attached hydrogens (tertiary/aromatic N) is 2. The topological polar surface area (TPSA) is 102 Å². The van der Waals surface area contributed by atoms with Gasteiger partial charge in [0.25, 0.3) is 11.8 Å². The first-order valence-electron chi connectivity index (χ1n) is 10.7. The number of rotatable bonds is 7. The molecule has 1 saturated carbocycles. The third-order valence-corrected chi connectivity index (χ3v) is 7.41. The van der Waals surface area contributed by atoms with Crippen molar-refractivity contribution in [2.75, 3.05) is 32.7 Å². The maximum atomic E-state index is 13.1. The smallest absolute Gasteiger partial charge is 0.275 e. The predicted molar refractivity (Wildman–Crippen MR) is 121 cm³/mol. The molecule has 4 rings (SSSR count). The van der Waals surface area contributed by atoms with E-state index in [1.165, 1.54) is 30.3 Å². The Bertz CT molecular complexity index is 1150. The number of hydrogen-bond donors (Lipinski definition) is 2. The number of halogens is 2. The zero-order chi connectivity index (χ0) is 23.6. The zero-order valence-corrected chi connectivity index (χ0v) is 19.3. The van der Waals surface area contributed by atoms with Crippen molar-refractivity contribution in [1.29, 1.82) is 0 Å². The molecular formula is C22H24ClFN4O4S. The van der Waals surface area contributed by atoms with E-state index >= 15 is 0 Å². The van der Waals surface area contributed by atoms with Crippen LogP contribution in [0, 0.1) is 5.82 Å². The van der Waals surface area contributed by atoms with Crippen molar-refractivity contribution in [2.45, 2.75) is 23.8 Å². The first-order valence-corrected chi connectivity index (χ1v) is 12.5. The minimum absolute atomic E-state index is 0.0322. The molecule has 0 spiro atoms. The predicted octanol–water partition coefficient (Wildman–Crippen LogP) is 1.49. The fourth-order valence-electron chi connectivity index (χ4n) is 3.64. The molecule has 1 aliphatic carbocycles. The normalized spacial score (nSPS) is 17.0. The lowest BCUT2D eigenvalue weighted by Crippen LogP contribution is -3.15. The molecule has 0 unspecified atom stereocenters. The summed E-state index contributed by atoms with van der Waals surface area (Å²) in [6, 6.07) is 9.06. The molecular weight excluding hydrogens is 471 g/mol. The summed E-state index contributed by atoms with van der Waals surface area (Å²) in [4.78, 5) is 27.4. The van der Waals surface area contributed by atoms with E-state index in [1.807, 2.05) is 0 Å². The molecule has 33 heavy (non-hydrogen) atoms. The summed E-state index contributed by atoms with van der Waals surface area (Å²) in [5, 5.41) is 2.91. The highest BCUT2D eigenvalue weighted by molar-refractivity contribution is 7.94. The van der Waals surface area contributed by atoms with Crippen LogP contribution >= 0.6 is 11.6 Å². The van der Waals surface area contributed by atoms with Crippen LogP contribution in [-0.2, 0) is 14.8 Å². The number of benzene rings is 2. The minimum atomic E-state index is -4.22. The second-order valence-electron chi connectivity index (χ2n) is 8.25. The third-order valence-electron chi connectivity index (χ3n) is 5.62. The van der Waals surface area contributed by atoms with Crippen molar-refractivity contribution in [3.63, 3.8) is 0 Å². The molecule has 176 valence electrons. The minimum Gasteiger partial charge on any atom is -0.573 e. The number of piperazine rings is 1. The summed E-state index contributed by atoms with van der Waals surface area (Å²) >= 11 is 6.11. The van der Waals surface area contributed by atoms with Crippen molar-refractivity contribution in [1.82, 2.24) is 10.2 Å². The highest BCUT2D eigenvalue weighted by Gasteiger charge is 2.29. The molecule has 0 aromatic heterocycles. The maximum Gasteiger partial charge on any atom is 0.275 e. The number of nitrogens with one attached hydrogen (secondary N) is 2. The molecule has 2 aromatic rings. The van der Waals surface area contributed by atoms with Crippen LogP contribution in [0.4, 0.5) is 10.1 Å². The summed E-state index contributed by atoms with van der Waals surface area (Å²) in [5.74, 6) is -0.793. The number of quaternary nitrogens is 1. The Morgan fingerprint density at radius 2 is 1.79 bits per heavy atom. The molecule has 0 radical (unpaired) electrons. The molecule has 2 fully saturated rings. The third kappa shape index (κ3) is 6.01. The Balaban J connectivity index is 1.41. The van der Waals surface area contributed by atoms with Gasteiger partial charge in [-0.15, -0.1) is 5.69 Å². The lowest BCUT2D eigenvalue weighted by Gasteiger charge is -2.32. The summed E-state index contributed by atoms with van der Waals surface area (Å²) in [7, 11) is -4.22. The molecule has 2 N–H and O–H groups in total. The number of hydrogen-bond acceptors (Lipinski definition) is 4. The highest BCUT2D eigenvalue weighted by Crippen LogP contribution is 2.32. The van der Waals surface area contributed by atoms with Gasteiger partial charge in [0.15, 0.2) is 6.54 Å². The monoisotopic (exact) mass is 494 g/mol.